The van der Waals surface area contributed by atoms with Gasteiger partial charge in [0.05, 0.1) is 10.9 Å². The zero-order valence-corrected chi connectivity index (χ0v) is 14.0. The fraction of sp³-hybridized carbons (Fsp3) is 0.167. The van der Waals surface area contributed by atoms with Crippen molar-refractivity contribution >= 4 is 38.4 Å². The average Bonchev–Trinajstić information content (AvgIpc) is 2.50. The number of aryl methyl sites for hydroxylation is 1. The smallest absolute Gasteiger partial charge is 0.0705 e. The van der Waals surface area contributed by atoms with Gasteiger partial charge in [-0.15, -0.1) is 11.6 Å². The Bertz CT molecular complexity index is 785. The first-order valence-electron chi connectivity index (χ1n) is 6.89. The zero-order valence-electron chi connectivity index (χ0n) is 11.7. The highest BCUT2D eigenvalue weighted by molar-refractivity contribution is 9.10. The SMILES string of the molecule is Cc1cccc(C(Cl)Cc2ccc3ccccc3n2)c1Br. The molecule has 0 aliphatic heterocycles. The molecule has 3 aromatic rings. The first-order chi connectivity index (χ1) is 10.1. The van der Waals surface area contributed by atoms with Crippen LogP contribution in [0.5, 0.6) is 0 Å². The van der Waals surface area contributed by atoms with E-state index >= 15 is 0 Å². The molecule has 0 N–H and O–H groups in total. The quantitative estimate of drug-likeness (QED) is 0.536. The molecule has 21 heavy (non-hydrogen) atoms. The molecule has 0 spiro atoms. The summed E-state index contributed by atoms with van der Waals surface area (Å²) in [7, 11) is 0. The fourth-order valence-electron chi connectivity index (χ4n) is 2.43. The summed E-state index contributed by atoms with van der Waals surface area (Å²) in [4.78, 5) is 4.69. The van der Waals surface area contributed by atoms with Crippen LogP contribution < -0.4 is 0 Å². The number of para-hydroxylation sites is 1. The van der Waals surface area contributed by atoms with Crippen LogP contribution in [0.25, 0.3) is 10.9 Å². The summed E-state index contributed by atoms with van der Waals surface area (Å²) in [5, 5.41) is 1.07. The molecule has 0 amide bonds. The second-order valence-corrected chi connectivity index (χ2v) is 6.46. The van der Waals surface area contributed by atoms with Crippen LogP contribution in [-0.2, 0) is 6.42 Å². The van der Waals surface area contributed by atoms with Gasteiger partial charge in [0.2, 0.25) is 0 Å². The third kappa shape index (κ3) is 3.12. The van der Waals surface area contributed by atoms with Gasteiger partial charge in [0.15, 0.2) is 0 Å². The molecule has 2 aromatic carbocycles. The molecule has 0 aliphatic carbocycles. The van der Waals surface area contributed by atoms with Gasteiger partial charge in [-0.25, -0.2) is 0 Å². The molecule has 106 valence electrons. The van der Waals surface area contributed by atoms with Gasteiger partial charge in [0, 0.05) is 22.0 Å². The number of aromatic nitrogens is 1. The topological polar surface area (TPSA) is 12.9 Å². The number of benzene rings is 2. The normalized spacial score (nSPS) is 12.5. The van der Waals surface area contributed by atoms with Crippen LogP contribution in [0.15, 0.2) is 59.1 Å². The molecule has 1 nitrogen and oxygen atoms in total. The number of pyridine rings is 1. The molecule has 3 rings (SSSR count). The summed E-state index contributed by atoms with van der Waals surface area (Å²) in [6, 6.07) is 18.5. The third-order valence-corrected chi connectivity index (χ3v) is 5.08. The van der Waals surface area contributed by atoms with Crippen molar-refractivity contribution in [2.45, 2.75) is 18.7 Å². The van der Waals surface area contributed by atoms with Crippen LogP contribution in [0.4, 0.5) is 0 Å². The number of alkyl halides is 1. The lowest BCUT2D eigenvalue weighted by Gasteiger charge is -2.13. The molecular weight excluding hydrogens is 346 g/mol. The van der Waals surface area contributed by atoms with Gasteiger partial charge in [-0.3, -0.25) is 4.98 Å². The minimum absolute atomic E-state index is 0.0899. The Morgan fingerprint density at radius 2 is 1.86 bits per heavy atom. The zero-order chi connectivity index (χ0) is 14.8. The molecule has 1 unspecified atom stereocenters. The van der Waals surface area contributed by atoms with E-state index in [1.165, 1.54) is 5.56 Å². The van der Waals surface area contributed by atoms with Gasteiger partial charge in [-0.2, -0.15) is 0 Å². The molecule has 0 aliphatic rings. The highest BCUT2D eigenvalue weighted by Gasteiger charge is 2.14. The van der Waals surface area contributed by atoms with E-state index < -0.39 is 0 Å². The fourth-order valence-corrected chi connectivity index (χ4v) is 3.44. The number of halogens is 2. The van der Waals surface area contributed by atoms with Crippen LogP contribution in [0, 0.1) is 6.92 Å². The molecule has 3 heteroatoms. The van der Waals surface area contributed by atoms with Crippen molar-refractivity contribution in [2.24, 2.45) is 0 Å². The van der Waals surface area contributed by atoms with Gasteiger partial charge in [-0.1, -0.05) is 58.4 Å². The number of nitrogens with zero attached hydrogens (tertiary/aromatic N) is 1. The first kappa shape index (κ1) is 14.6. The van der Waals surface area contributed by atoms with Crippen molar-refractivity contribution in [3.05, 3.63) is 75.9 Å². The van der Waals surface area contributed by atoms with Crippen LogP contribution in [0.1, 0.15) is 22.2 Å². The number of hydrogen-bond acceptors (Lipinski definition) is 1. The molecule has 0 saturated heterocycles. The maximum absolute atomic E-state index is 6.60. The number of rotatable bonds is 3. The van der Waals surface area contributed by atoms with E-state index in [0.29, 0.717) is 6.42 Å². The number of fused-ring (bicyclic) bond motifs is 1. The van der Waals surface area contributed by atoms with Gasteiger partial charge in [-0.05, 0) is 30.2 Å². The molecular formula is C18H15BrClN. The molecule has 1 atom stereocenters. The maximum atomic E-state index is 6.60. The standard InChI is InChI=1S/C18H15BrClN/c1-12-5-4-7-15(18(12)19)16(20)11-14-10-9-13-6-2-3-8-17(13)21-14/h2-10,16H,11H2,1H3. The summed E-state index contributed by atoms with van der Waals surface area (Å²) in [6.45, 7) is 2.07. The Kier molecular flexibility index (Phi) is 4.27. The summed E-state index contributed by atoms with van der Waals surface area (Å²) in [5.41, 5.74) is 4.35. The van der Waals surface area contributed by atoms with E-state index in [1.807, 2.05) is 24.3 Å². The van der Waals surface area contributed by atoms with Gasteiger partial charge < -0.3 is 0 Å². The van der Waals surface area contributed by atoms with Crippen molar-refractivity contribution in [2.75, 3.05) is 0 Å². The van der Waals surface area contributed by atoms with E-state index in [4.69, 9.17) is 16.6 Å². The Hall–Kier alpha value is -1.38. The summed E-state index contributed by atoms with van der Waals surface area (Å²) >= 11 is 10.2. The van der Waals surface area contributed by atoms with Crippen molar-refractivity contribution in [1.82, 2.24) is 4.98 Å². The summed E-state index contributed by atoms with van der Waals surface area (Å²) in [5.74, 6) is 0. The van der Waals surface area contributed by atoms with Crippen molar-refractivity contribution < 1.29 is 0 Å². The second-order valence-electron chi connectivity index (χ2n) is 5.15. The Balaban J connectivity index is 1.89. The van der Waals surface area contributed by atoms with E-state index in [9.17, 15) is 0 Å². The molecule has 1 heterocycles. The Morgan fingerprint density at radius 1 is 1.05 bits per heavy atom. The lowest BCUT2D eigenvalue weighted by molar-refractivity contribution is 0.882. The highest BCUT2D eigenvalue weighted by Crippen LogP contribution is 2.32. The van der Waals surface area contributed by atoms with E-state index in [0.717, 1.165) is 26.6 Å². The molecule has 0 radical (unpaired) electrons. The minimum Gasteiger partial charge on any atom is -0.253 e. The van der Waals surface area contributed by atoms with Crippen molar-refractivity contribution in [1.29, 1.82) is 0 Å². The largest absolute Gasteiger partial charge is 0.253 e. The maximum Gasteiger partial charge on any atom is 0.0705 e. The lowest BCUT2D eigenvalue weighted by Crippen LogP contribution is -2.00. The van der Waals surface area contributed by atoms with Crippen LogP contribution >= 0.6 is 27.5 Å². The first-order valence-corrected chi connectivity index (χ1v) is 8.12. The van der Waals surface area contributed by atoms with E-state index in [2.05, 4.69) is 53.2 Å². The predicted molar refractivity (Wildman–Crippen MR) is 92.9 cm³/mol. The molecule has 0 saturated carbocycles. The number of hydrogen-bond donors (Lipinski definition) is 0. The molecule has 0 fully saturated rings. The second kappa shape index (κ2) is 6.17. The van der Waals surface area contributed by atoms with Crippen molar-refractivity contribution in [3.8, 4) is 0 Å². The van der Waals surface area contributed by atoms with E-state index in [1.54, 1.807) is 0 Å². The summed E-state index contributed by atoms with van der Waals surface area (Å²) < 4.78 is 1.09. The molecule has 0 bridgehead atoms. The minimum atomic E-state index is -0.0899. The lowest BCUT2D eigenvalue weighted by atomic mass is 10.0. The Labute approximate surface area is 138 Å². The van der Waals surface area contributed by atoms with E-state index in [-0.39, 0.29) is 5.38 Å². The van der Waals surface area contributed by atoms with Gasteiger partial charge in [0.1, 0.15) is 0 Å². The predicted octanol–water partition coefficient (Wildman–Crippen LogP) is 5.83. The third-order valence-electron chi connectivity index (χ3n) is 3.60. The average molecular weight is 361 g/mol. The van der Waals surface area contributed by atoms with Gasteiger partial charge in [0.25, 0.3) is 0 Å². The van der Waals surface area contributed by atoms with Crippen LogP contribution in [-0.4, -0.2) is 4.98 Å². The summed E-state index contributed by atoms with van der Waals surface area (Å²) in [6.07, 6.45) is 0.717. The van der Waals surface area contributed by atoms with Crippen molar-refractivity contribution in [3.63, 3.8) is 0 Å². The Morgan fingerprint density at radius 3 is 2.71 bits per heavy atom. The molecule has 1 aromatic heterocycles. The van der Waals surface area contributed by atoms with Crippen LogP contribution in [0.2, 0.25) is 0 Å². The monoisotopic (exact) mass is 359 g/mol. The van der Waals surface area contributed by atoms with Gasteiger partial charge >= 0.3 is 0 Å². The highest BCUT2D eigenvalue weighted by atomic mass is 79.9. The van der Waals surface area contributed by atoms with Crippen LogP contribution in [0.3, 0.4) is 0 Å².